The Labute approximate surface area is 195 Å². The van der Waals surface area contributed by atoms with E-state index in [1.54, 1.807) is 24.3 Å². The van der Waals surface area contributed by atoms with Gasteiger partial charge in [-0.25, -0.2) is 0 Å². The number of hydrogen-bond donors (Lipinski definition) is 1. The van der Waals surface area contributed by atoms with Crippen LogP contribution in [0.4, 0.5) is 18.9 Å². The molecule has 5 nitrogen and oxygen atoms in total. The minimum Gasteiger partial charge on any atom is -0.493 e. The molecule has 0 aromatic heterocycles. The van der Waals surface area contributed by atoms with Crippen LogP contribution in [0, 0.1) is 11.3 Å². The lowest BCUT2D eigenvalue weighted by atomic mass is 10.1. The molecular formula is C24H24ClF3N2O3. The normalized spacial score (nSPS) is 11.6. The summed E-state index contributed by atoms with van der Waals surface area (Å²) in [6.45, 7) is 2.66. The molecular weight excluding hydrogens is 457 g/mol. The Bertz CT molecular complexity index is 1050. The maximum Gasteiger partial charge on any atom is 0.416 e. The van der Waals surface area contributed by atoms with Gasteiger partial charge in [0.05, 0.1) is 30.0 Å². The minimum atomic E-state index is -4.60. The van der Waals surface area contributed by atoms with E-state index < -0.39 is 17.6 Å². The first-order valence-electron chi connectivity index (χ1n) is 10.3. The lowest BCUT2D eigenvalue weighted by molar-refractivity contribution is -0.137. The van der Waals surface area contributed by atoms with E-state index in [2.05, 4.69) is 12.2 Å². The van der Waals surface area contributed by atoms with Crippen molar-refractivity contribution in [1.29, 1.82) is 5.26 Å². The summed E-state index contributed by atoms with van der Waals surface area (Å²) in [6.07, 6.45) is 0.929. The highest BCUT2D eigenvalue weighted by molar-refractivity contribution is 6.34. The largest absolute Gasteiger partial charge is 0.493 e. The molecule has 0 bridgehead atoms. The topological polar surface area (TPSA) is 71.3 Å². The maximum absolute atomic E-state index is 12.9. The molecule has 0 aliphatic heterocycles. The van der Waals surface area contributed by atoms with Gasteiger partial charge in [-0.2, -0.15) is 18.4 Å². The number of anilines is 1. The van der Waals surface area contributed by atoms with Crippen LogP contribution in [0.3, 0.4) is 0 Å². The Balaban J connectivity index is 2.18. The number of rotatable bonds is 10. The van der Waals surface area contributed by atoms with E-state index in [4.69, 9.17) is 21.1 Å². The van der Waals surface area contributed by atoms with Crippen LogP contribution in [0.1, 0.15) is 43.7 Å². The van der Waals surface area contributed by atoms with E-state index in [-0.39, 0.29) is 16.3 Å². The number of unbranched alkanes of at least 4 members (excludes halogenated alkanes) is 3. The van der Waals surface area contributed by atoms with Gasteiger partial charge < -0.3 is 14.8 Å². The van der Waals surface area contributed by atoms with Gasteiger partial charge in [0.2, 0.25) is 0 Å². The molecule has 2 aromatic rings. The first-order valence-corrected chi connectivity index (χ1v) is 10.7. The molecule has 0 aliphatic carbocycles. The lowest BCUT2D eigenvalue weighted by Gasteiger charge is -2.12. The number of methoxy groups -OCH3 is 1. The van der Waals surface area contributed by atoms with Crippen molar-refractivity contribution in [3.8, 4) is 17.6 Å². The fourth-order valence-electron chi connectivity index (χ4n) is 2.91. The summed E-state index contributed by atoms with van der Waals surface area (Å²) in [5.41, 5.74) is -1.06. The second kappa shape index (κ2) is 12.2. The summed E-state index contributed by atoms with van der Waals surface area (Å²) >= 11 is 5.91. The van der Waals surface area contributed by atoms with E-state index in [1.165, 1.54) is 13.2 Å². The molecule has 0 spiro atoms. The summed E-state index contributed by atoms with van der Waals surface area (Å²) in [7, 11) is 1.47. The fraction of sp³-hybridized carbons (Fsp3) is 0.333. The zero-order chi connectivity index (χ0) is 24.4. The van der Waals surface area contributed by atoms with Gasteiger partial charge in [0.1, 0.15) is 11.6 Å². The van der Waals surface area contributed by atoms with Crippen LogP contribution in [0.25, 0.3) is 6.08 Å². The summed E-state index contributed by atoms with van der Waals surface area (Å²) in [4.78, 5) is 12.5. The Kier molecular flexibility index (Phi) is 9.61. The fourth-order valence-corrected chi connectivity index (χ4v) is 3.07. The number of hydrogen-bond acceptors (Lipinski definition) is 4. The van der Waals surface area contributed by atoms with Crippen molar-refractivity contribution < 1.29 is 27.4 Å². The number of nitrogens with zero attached hydrogens (tertiary/aromatic N) is 1. The van der Waals surface area contributed by atoms with Crippen LogP contribution in [0.5, 0.6) is 11.5 Å². The van der Waals surface area contributed by atoms with Gasteiger partial charge in [0.25, 0.3) is 5.91 Å². The molecule has 2 rings (SSSR count). The number of carbonyl (C=O) groups is 1. The van der Waals surface area contributed by atoms with Crippen molar-refractivity contribution in [3.63, 3.8) is 0 Å². The third-order valence-electron chi connectivity index (χ3n) is 4.66. The van der Waals surface area contributed by atoms with Crippen LogP contribution < -0.4 is 14.8 Å². The molecule has 2 aromatic carbocycles. The third kappa shape index (κ3) is 7.72. The molecule has 1 amide bonds. The van der Waals surface area contributed by atoms with Crippen molar-refractivity contribution in [2.45, 2.75) is 38.8 Å². The monoisotopic (exact) mass is 480 g/mol. The SMILES string of the molecule is CCCCCCOc1ccc(/C=C(\C#N)C(=O)Nc2cc(C(F)(F)F)ccc2Cl)cc1OC. The van der Waals surface area contributed by atoms with Crippen LogP contribution in [-0.4, -0.2) is 19.6 Å². The number of nitrogens with one attached hydrogen (secondary N) is 1. The lowest BCUT2D eigenvalue weighted by Crippen LogP contribution is -2.15. The second-order valence-electron chi connectivity index (χ2n) is 7.14. The number of nitriles is 1. The minimum absolute atomic E-state index is 0.0873. The quantitative estimate of drug-likeness (QED) is 0.229. The Hall–Kier alpha value is -3.18. The highest BCUT2D eigenvalue weighted by Crippen LogP contribution is 2.34. The van der Waals surface area contributed by atoms with Gasteiger partial charge in [-0.05, 0) is 48.4 Å². The molecule has 0 heterocycles. The standard InChI is InChI=1S/C24H24ClF3N2O3/c1-3-4-5-6-11-33-21-10-7-16(13-22(21)32-2)12-17(15-29)23(31)30-20-14-18(24(26,27)28)8-9-19(20)25/h7-10,12-14H,3-6,11H2,1-2H3,(H,30,31)/b17-12+. The summed E-state index contributed by atoms with van der Waals surface area (Å²) in [6, 6.07) is 9.21. The Morgan fingerprint density at radius 2 is 1.91 bits per heavy atom. The molecule has 0 aliphatic rings. The third-order valence-corrected chi connectivity index (χ3v) is 4.99. The molecule has 9 heteroatoms. The van der Waals surface area contributed by atoms with Crippen LogP contribution in [0.15, 0.2) is 42.0 Å². The molecule has 0 saturated carbocycles. The highest BCUT2D eigenvalue weighted by atomic mass is 35.5. The van der Waals surface area contributed by atoms with E-state index >= 15 is 0 Å². The molecule has 33 heavy (non-hydrogen) atoms. The van der Waals surface area contributed by atoms with Crippen molar-refractivity contribution in [2.75, 3.05) is 19.0 Å². The van der Waals surface area contributed by atoms with E-state index in [0.717, 1.165) is 37.8 Å². The van der Waals surface area contributed by atoms with Crippen molar-refractivity contribution in [1.82, 2.24) is 0 Å². The number of alkyl halides is 3. The number of benzene rings is 2. The molecule has 1 N–H and O–H groups in total. The molecule has 176 valence electrons. The van der Waals surface area contributed by atoms with E-state index in [1.807, 2.05) is 0 Å². The van der Waals surface area contributed by atoms with E-state index in [9.17, 15) is 23.2 Å². The van der Waals surface area contributed by atoms with E-state index in [0.29, 0.717) is 29.7 Å². The maximum atomic E-state index is 12.9. The number of amides is 1. The van der Waals surface area contributed by atoms with Gasteiger partial charge in [-0.3, -0.25) is 4.79 Å². The highest BCUT2D eigenvalue weighted by Gasteiger charge is 2.31. The average Bonchev–Trinajstić information content (AvgIpc) is 2.78. The zero-order valence-corrected chi connectivity index (χ0v) is 19.0. The first-order chi connectivity index (χ1) is 15.7. The van der Waals surface area contributed by atoms with Crippen molar-refractivity contribution in [3.05, 3.63) is 58.1 Å². The predicted molar refractivity (Wildman–Crippen MR) is 121 cm³/mol. The number of carbonyl (C=O) groups excluding carboxylic acids is 1. The van der Waals surface area contributed by atoms with Gasteiger partial charge in [0.15, 0.2) is 11.5 Å². The zero-order valence-electron chi connectivity index (χ0n) is 18.3. The number of ether oxygens (including phenoxy) is 2. The van der Waals surface area contributed by atoms with Gasteiger partial charge in [0, 0.05) is 0 Å². The summed E-state index contributed by atoms with van der Waals surface area (Å²) in [5, 5.41) is 11.6. The van der Waals surface area contributed by atoms with Gasteiger partial charge >= 0.3 is 6.18 Å². The van der Waals surface area contributed by atoms with Gasteiger partial charge in [-0.1, -0.05) is 43.9 Å². The van der Waals surface area contributed by atoms with Crippen LogP contribution in [-0.2, 0) is 11.0 Å². The van der Waals surface area contributed by atoms with Gasteiger partial charge in [-0.15, -0.1) is 0 Å². The Morgan fingerprint density at radius 1 is 1.15 bits per heavy atom. The second-order valence-corrected chi connectivity index (χ2v) is 7.54. The first kappa shape index (κ1) is 26.1. The molecule has 0 unspecified atom stereocenters. The molecule has 0 saturated heterocycles. The van der Waals surface area contributed by atoms with Crippen LogP contribution in [0.2, 0.25) is 5.02 Å². The Morgan fingerprint density at radius 3 is 2.55 bits per heavy atom. The number of halogens is 4. The van der Waals surface area contributed by atoms with Crippen molar-refractivity contribution in [2.24, 2.45) is 0 Å². The average molecular weight is 481 g/mol. The summed E-state index contributed by atoms with van der Waals surface area (Å²) < 4.78 is 49.9. The summed E-state index contributed by atoms with van der Waals surface area (Å²) in [5.74, 6) is 0.0664. The molecule has 0 radical (unpaired) electrons. The molecule has 0 atom stereocenters. The van der Waals surface area contributed by atoms with Crippen LogP contribution >= 0.6 is 11.6 Å². The molecule has 0 fully saturated rings. The smallest absolute Gasteiger partial charge is 0.416 e. The predicted octanol–water partition coefficient (Wildman–Crippen LogP) is 6.87. The van der Waals surface area contributed by atoms with Crippen molar-refractivity contribution >= 4 is 29.3 Å².